The zero-order chi connectivity index (χ0) is 5.28. The van der Waals surface area contributed by atoms with Crippen molar-refractivity contribution in [2.75, 3.05) is 0 Å². The van der Waals surface area contributed by atoms with Crippen molar-refractivity contribution < 1.29 is 0 Å². The fourth-order valence-electron chi connectivity index (χ4n) is 0.303. The smallest absolute Gasteiger partial charge is 0.190 e. The topological polar surface area (TPSA) is 64.4 Å². The van der Waals surface area contributed by atoms with E-state index in [2.05, 4.69) is 4.99 Å². The molecule has 0 aromatic rings. The van der Waals surface area contributed by atoms with Crippen molar-refractivity contribution in [3.8, 4) is 0 Å². The van der Waals surface area contributed by atoms with E-state index in [0.717, 1.165) is 12.1 Å². The van der Waals surface area contributed by atoms with E-state index in [4.69, 9.17) is 11.5 Å². The first-order valence-corrected chi connectivity index (χ1v) is 2.08. The van der Waals surface area contributed by atoms with Gasteiger partial charge in [0.15, 0.2) is 5.96 Å². The van der Waals surface area contributed by atoms with Gasteiger partial charge in [0.2, 0.25) is 0 Å². The molecule has 0 saturated carbocycles. The third kappa shape index (κ3) is 1.26. The Morgan fingerprint density at radius 3 is 2.43 bits per heavy atom. The molecule has 7 heavy (non-hydrogen) atoms. The highest BCUT2D eigenvalue weighted by Gasteiger charge is 2.03. The lowest BCUT2D eigenvalue weighted by Gasteiger charge is -1.81. The van der Waals surface area contributed by atoms with Crippen LogP contribution in [0, 0.1) is 0 Å². The molecule has 0 unspecified atom stereocenters. The molecule has 1 rings (SSSR count). The summed E-state index contributed by atoms with van der Waals surface area (Å²) in [4.78, 5) is 3.72. The van der Waals surface area contributed by atoms with Gasteiger partial charge in [-0.15, -0.1) is 0 Å². The van der Waals surface area contributed by atoms with E-state index >= 15 is 0 Å². The Morgan fingerprint density at radius 1 is 1.71 bits per heavy atom. The van der Waals surface area contributed by atoms with Gasteiger partial charge in [-0.1, -0.05) is 6.08 Å². The Morgan fingerprint density at radius 2 is 2.29 bits per heavy atom. The molecule has 0 heterocycles. The van der Waals surface area contributed by atoms with Crippen LogP contribution in [-0.2, 0) is 0 Å². The number of guanidine groups is 1. The highest BCUT2D eigenvalue weighted by Crippen LogP contribution is 2.18. The van der Waals surface area contributed by atoms with Crippen LogP contribution >= 0.6 is 0 Å². The molecule has 0 radical (unpaired) electrons. The molecule has 0 fully saturated rings. The molecule has 3 heteroatoms. The van der Waals surface area contributed by atoms with E-state index in [1.807, 2.05) is 6.08 Å². The van der Waals surface area contributed by atoms with Gasteiger partial charge in [0.1, 0.15) is 0 Å². The van der Waals surface area contributed by atoms with Crippen LogP contribution in [0.3, 0.4) is 0 Å². The standard InChI is InChI=1S/C4H7N3/c5-4(6)7-3-1-2-3/h1H,2H2,(H4,5,6,7). The first kappa shape index (κ1) is 4.18. The van der Waals surface area contributed by atoms with E-state index in [9.17, 15) is 0 Å². The molecular formula is C4H7N3. The zero-order valence-corrected chi connectivity index (χ0v) is 3.89. The molecule has 3 nitrogen and oxygen atoms in total. The fraction of sp³-hybridized carbons (Fsp3) is 0.250. The fourth-order valence-corrected chi connectivity index (χ4v) is 0.303. The van der Waals surface area contributed by atoms with E-state index in [0.29, 0.717) is 0 Å². The van der Waals surface area contributed by atoms with Gasteiger partial charge in [0.05, 0.1) is 0 Å². The van der Waals surface area contributed by atoms with E-state index in [1.54, 1.807) is 0 Å². The molecule has 1 aliphatic carbocycles. The molecule has 4 N–H and O–H groups in total. The van der Waals surface area contributed by atoms with E-state index in [-0.39, 0.29) is 5.96 Å². The summed E-state index contributed by atoms with van der Waals surface area (Å²) in [5, 5.41) is 0. The third-order valence-electron chi connectivity index (χ3n) is 0.659. The number of hydrogen-bond donors (Lipinski definition) is 2. The highest BCUT2D eigenvalue weighted by atomic mass is 15.0. The molecule has 1 aliphatic rings. The maximum atomic E-state index is 5.02. The predicted molar refractivity (Wildman–Crippen MR) is 28.5 cm³/mol. The van der Waals surface area contributed by atoms with Gasteiger partial charge < -0.3 is 11.5 Å². The number of hydrogen-bond acceptors (Lipinski definition) is 1. The van der Waals surface area contributed by atoms with E-state index in [1.165, 1.54) is 0 Å². The SMILES string of the molecule is NC(N)=NC1=CC1. The summed E-state index contributed by atoms with van der Waals surface area (Å²) in [5.74, 6) is 0.156. The van der Waals surface area contributed by atoms with Crippen LogP contribution in [-0.4, -0.2) is 5.96 Å². The third-order valence-corrected chi connectivity index (χ3v) is 0.659. The summed E-state index contributed by atoms with van der Waals surface area (Å²) in [6.07, 6.45) is 2.91. The van der Waals surface area contributed by atoms with Crippen LogP contribution in [0.15, 0.2) is 16.8 Å². The van der Waals surface area contributed by atoms with Crippen molar-refractivity contribution in [1.29, 1.82) is 0 Å². The monoisotopic (exact) mass is 97.1 g/mol. The number of aliphatic imine (C=N–C) groups is 1. The molecule has 0 aliphatic heterocycles. The van der Waals surface area contributed by atoms with Crippen LogP contribution in [0.2, 0.25) is 0 Å². The molecule has 0 aromatic heterocycles. The second kappa shape index (κ2) is 1.26. The molecular weight excluding hydrogens is 90.1 g/mol. The number of allylic oxidation sites excluding steroid dienone is 2. The Balaban J connectivity index is 2.45. The van der Waals surface area contributed by atoms with Gasteiger partial charge in [0.25, 0.3) is 0 Å². The first-order chi connectivity index (χ1) is 3.29. The Bertz CT molecular complexity index is 130. The predicted octanol–water partition coefficient (Wildman–Crippen LogP) is -0.453. The summed E-state index contributed by atoms with van der Waals surface area (Å²) in [6, 6.07) is 0. The van der Waals surface area contributed by atoms with Crippen molar-refractivity contribution in [3.63, 3.8) is 0 Å². The Kier molecular flexibility index (Phi) is 0.749. The van der Waals surface area contributed by atoms with Crippen molar-refractivity contribution in [2.24, 2.45) is 16.5 Å². The molecule has 0 amide bonds. The minimum absolute atomic E-state index is 0.156. The summed E-state index contributed by atoms with van der Waals surface area (Å²) in [6.45, 7) is 0. The van der Waals surface area contributed by atoms with Crippen LogP contribution in [0.25, 0.3) is 0 Å². The van der Waals surface area contributed by atoms with Gasteiger partial charge in [0, 0.05) is 12.1 Å². The minimum atomic E-state index is 0.156. The lowest BCUT2D eigenvalue weighted by atomic mass is 10.8. The van der Waals surface area contributed by atoms with Crippen LogP contribution in [0.5, 0.6) is 0 Å². The summed E-state index contributed by atoms with van der Waals surface area (Å²) < 4.78 is 0. The highest BCUT2D eigenvalue weighted by molar-refractivity contribution is 5.77. The van der Waals surface area contributed by atoms with Gasteiger partial charge in [-0.05, 0) is 0 Å². The largest absolute Gasteiger partial charge is 0.370 e. The van der Waals surface area contributed by atoms with Crippen molar-refractivity contribution in [3.05, 3.63) is 11.8 Å². The lowest BCUT2D eigenvalue weighted by Crippen LogP contribution is -2.21. The first-order valence-electron chi connectivity index (χ1n) is 2.08. The average molecular weight is 97.1 g/mol. The van der Waals surface area contributed by atoms with Gasteiger partial charge >= 0.3 is 0 Å². The molecule has 0 aromatic carbocycles. The van der Waals surface area contributed by atoms with Crippen LogP contribution in [0.4, 0.5) is 0 Å². The van der Waals surface area contributed by atoms with Crippen LogP contribution < -0.4 is 11.5 Å². The number of nitrogens with zero attached hydrogens (tertiary/aromatic N) is 1. The van der Waals surface area contributed by atoms with Gasteiger partial charge in [-0.25, -0.2) is 4.99 Å². The average Bonchev–Trinajstić information content (AvgIpc) is 2.17. The van der Waals surface area contributed by atoms with Crippen molar-refractivity contribution >= 4 is 5.96 Å². The molecule has 0 spiro atoms. The molecule has 0 bridgehead atoms. The second-order valence-electron chi connectivity index (χ2n) is 1.44. The quantitative estimate of drug-likeness (QED) is 0.343. The van der Waals surface area contributed by atoms with Gasteiger partial charge in [-0.2, -0.15) is 0 Å². The maximum absolute atomic E-state index is 5.02. The second-order valence-corrected chi connectivity index (χ2v) is 1.44. The Hall–Kier alpha value is -0.990. The minimum Gasteiger partial charge on any atom is -0.370 e. The van der Waals surface area contributed by atoms with Crippen molar-refractivity contribution in [2.45, 2.75) is 6.42 Å². The summed E-state index contributed by atoms with van der Waals surface area (Å²) in [7, 11) is 0. The molecule has 38 valence electrons. The Labute approximate surface area is 41.7 Å². The normalized spacial score (nSPS) is 15.1. The van der Waals surface area contributed by atoms with Gasteiger partial charge in [-0.3, -0.25) is 0 Å². The number of nitrogens with two attached hydrogens (primary N) is 2. The summed E-state index contributed by atoms with van der Waals surface area (Å²) >= 11 is 0. The summed E-state index contributed by atoms with van der Waals surface area (Å²) in [5.41, 5.74) is 11.0. The molecule has 0 saturated heterocycles. The number of rotatable bonds is 1. The zero-order valence-electron chi connectivity index (χ0n) is 3.89. The maximum Gasteiger partial charge on any atom is 0.190 e. The lowest BCUT2D eigenvalue weighted by molar-refractivity contribution is 1.34. The molecule has 0 atom stereocenters. The van der Waals surface area contributed by atoms with E-state index < -0.39 is 0 Å². The van der Waals surface area contributed by atoms with Crippen molar-refractivity contribution in [1.82, 2.24) is 0 Å². The van der Waals surface area contributed by atoms with Crippen LogP contribution in [0.1, 0.15) is 6.42 Å².